The van der Waals surface area contributed by atoms with Gasteiger partial charge in [0, 0.05) is 18.2 Å². The molecule has 0 aromatic carbocycles. The molecular weight excluding hydrogens is 268 g/mol. The van der Waals surface area contributed by atoms with E-state index in [4.69, 9.17) is 5.11 Å². The van der Waals surface area contributed by atoms with Crippen LogP contribution in [0.3, 0.4) is 0 Å². The molecule has 0 radical (unpaired) electrons. The van der Waals surface area contributed by atoms with Gasteiger partial charge in [0.15, 0.2) is 0 Å². The number of aromatic nitrogens is 1. The summed E-state index contributed by atoms with van der Waals surface area (Å²) < 4.78 is 0. The Morgan fingerprint density at radius 1 is 1.33 bits per heavy atom. The molecule has 114 valence electrons. The normalized spacial score (nSPS) is 21.2. The minimum Gasteiger partial charge on any atom is -0.481 e. The van der Waals surface area contributed by atoms with E-state index in [1.807, 2.05) is 32.0 Å². The summed E-state index contributed by atoms with van der Waals surface area (Å²) >= 11 is 0. The molecule has 0 bridgehead atoms. The lowest BCUT2D eigenvalue weighted by molar-refractivity contribution is -0.141. The van der Waals surface area contributed by atoms with Gasteiger partial charge in [-0.2, -0.15) is 0 Å². The number of hydrogen-bond donors (Lipinski definition) is 1. The number of aryl methyl sites for hydroxylation is 1. The van der Waals surface area contributed by atoms with E-state index in [0.717, 1.165) is 11.4 Å². The number of carbonyl (C=O) groups excluding carboxylic acids is 1. The van der Waals surface area contributed by atoms with Crippen LogP contribution >= 0.6 is 0 Å². The molecule has 21 heavy (non-hydrogen) atoms. The van der Waals surface area contributed by atoms with Gasteiger partial charge < -0.3 is 10.0 Å². The smallest absolute Gasteiger partial charge is 0.306 e. The van der Waals surface area contributed by atoms with Crippen LogP contribution in [0.5, 0.6) is 0 Å². The van der Waals surface area contributed by atoms with Crippen LogP contribution in [-0.4, -0.2) is 33.4 Å². The molecule has 1 heterocycles. The Hall–Kier alpha value is -1.91. The number of aliphatic carboxylic acids is 1. The molecule has 2 rings (SSSR count). The van der Waals surface area contributed by atoms with Gasteiger partial charge in [-0.25, -0.2) is 0 Å². The highest BCUT2D eigenvalue weighted by Crippen LogP contribution is 2.32. The molecule has 1 aliphatic rings. The SMILES string of the molecule is CCN(Cc1cccc(C)n1)C(=O)C1CCC(C(=O)O)C1. The van der Waals surface area contributed by atoms with Crippen molar-refractivity contribution < 1.29 is 14.7 Å². The quantitative estimate of drug-likeness (QED) is 0.903. The Bertz CT molecular complexity index is 530. The summed E-state index contributed by atoms with van der Waals surface area (Å²) in [5, 5.41) is 9.04. The molecule has 1 aliphatic carbocycles. The Morgan fingerprint density at radius 2 is 2.05 bits per heavy atom. The molecule has 2 unspecified atom stereocenters. The van der Waals surface area contributed by atoms with Crippen molar-refractivity contribution in [3.63, 3.8) is 0 Å². The number of carbonyl (C=O) groups is 2. The molecule has 0 aliphatic heterocycles. The van der Waals surface area contributed by atoms with Crippen molar-refractivity contribution in [3.8, 4) is 0 Å². The van der Waals surface area contributed by atoms with Gasteiger partial charge in [-0.1, -0.05) is 6.07 Å². The minimum atomic E-state index is -0.784. The number of carboxylic acids is 1. The highest BCUT2D eigenvalue weighted by molar-refractivity contribution is 5.81. The van der Waals surface area contributed by atoms with Crippen molar-refractivity contribution in [2.24, 2.45) is 11.8 Å². The van der Waals surface area contributed by atoms with Gasteiger partial charge in [0.2, 0.25) is 5.91 Å². The summed E-state index contributed by atoms with van der Waals surface area (Å²) in [4.78, 5) is 29.7. The molecule has 1 saturated carbocycles. The first-order valence-electron chi connectivity index (χ1n) is 7.45. The summed E-state index contributed by atoms with van der Waals surface area (Å²) in [6.07, 6.45) is 1.74. The third-order valence-electron chi connectivity index (χ3n) is 4.12. The van der Waals surface area contributed by atoms with Gasteiger partial charge in [-0.3, -0.25) is 14.6 Å². The highest BCUT2D eigenvalue weighted by Gasteiger charge is 2.35. The largest absolute Gasteiger partial charge is 0.481 e. The fraction of sp³-hybridized carbons (Fsp3) is 0.562. The lowest BCUT2D eigenvalue weighted by Crippen LogP contribution is -2.35. The molecule has 1 N–H and O–H groups in total. The maximum atomic E-state index is 12.5. The third kappa shape index (κ3) is 3.80. The number of amides is 1. The van der Waals surface area contributed by atoms with Crippen molar-refractivity contribution in [1.82, 2.24) is 9.88 Å². The number of nitrogens with zero attached hydrogens (tertiary/aromatic N) is 2. The van der Waals surface area contributed by atoms with Crippen LogP contribution < -0.4 is 0 Å². The fourth-order valence-corrected chi connectivity index (χ4v) is 2.92. The first-order chi connectivity index (χ1) is 10.0. The van der Waals surface area contributed by atoms with Gasteiger partial charge >= 0.3 is 5.97 Å². The lowest BCUT2D eigenvalue weighted by Gasteiger charge is -2.24. The van der Waals surface area contributed by atoms with Gasteiger partial charge in [-0.05, 0) is 45.2 Å². The topological polar surface area (TPSA) is 70.5 Å². The second-order valence-electron chi connectivity index (χ2n) is 5.67. The molecule has 0 saturated heterocycles. The fourth-order valence-electron chi connectivity index (χ4n) is 2.92. The van der Waals surface area contributed by atoms with E-state index in [2.05, 4.69) is 4.98 Å². The molecule has 2 atom stereocenters. The maximum absolute atomic E-state index is 12.5. The summed E-state index contributed by atoms with van der Waals surface area (Å²) in [5.74, 6) is -1.25. The molecule has 1 fully saturated rings. The summed E-state index contributed by atoms with van der Waals surface area (Å²) in [7, 11) is 0. The number of pyridine rings is 1. The van der Waals surface area contributed by atoms with E-state index in [9.17, 15) is 9.59 Å². The Labute approximate surface area is 125 Å². The molecule has 1 aromatic rings. The van der Waals surface area contributed by atoms with Gasteiger partial charge in [-0.15, -0.1) is 0 Å². The maximum Gasteiger partial charge on any atom is 0.306 e. The van der Waals surface area contributed by atoms with E-state index in [-0.39, 0.29) is 17.7 Å². The van der Waals surface area contributed by atoms with Crippen molar-refractivity contribution >= 4 is 11.9 Å². The number of hydrogen-bond acceptors (Lipinski definition) is 3. The minimum absolute atomic E-state index is 0.0598. The molecule has 1 aromatic heterocycles. The first kappa shape index (κ1) is 15.5. The van der Waals surface area contributed by atoms with Crippen LogP contribution in [0.1, 0.15) is 37.6 Å². The van der Waals surface area contributed by atoms with Crippen LogP contribution in [0.4, 0.5) is 0 Å². The number of carboxylic acid groups (broad SMARTS) is 1. The van der Waals surface area contributed by atoms with E-state index < -0.39 is 5.97 Å². The Balaban J connectivity index is 2.01. The van der Waals surface area contributed by atoms with Crippen LogP contribution in [0.25, 0.3) is 0 Å². The number of rotatable bonds is 5. The third-order valence-corrected chi connectivity index (χ3v) is 4.12. The van der Waals surface area contributed by atoms with Crippen LogP contribution in [-0.2, 0) is 16.1 Å². The van der Waals surface area contributed by atoms with Gasteiger partial charge in [0.25, 0.3) is 0 Å². The van der Waals surface area contributed by atoms with Crippen molar-refractivity contribution in [1.29, 1.82) is 0 Å². The molecule has 0 spiro atoms. The summed E-state index contributed by atoms with van der Waals surface area (Å²) in [6, 6.07) is 5.78. The van der Waals surface area contributed by atoms with E-state index in [1.54, 1.807) is 4.90 Å². The Morgan fingerprint density at radius 3 is 2.62 bits per heavy atom. The van der Waals surface area contributed by atoms with Crippen LogP contribution in [0, 0.1) is 18.8 Å². The predicted octanol–water partition coefficient (Wildman–Crippen LogP) is 2.24. The van der Waals surface area contributed by atoms with Crippen LogP contribution in [0.15, 0.2) is 18.2 Å². The first-order valence-corrected chi connectivity index (χ1v) is 7.45. The van der Waals surface area contributed by atoms with Gasteiger partial charge in [0.05, 0.1) is 18.2 Å². The molecular formula is C16H22N2O3. The molecule has 1 amide bonds. The van der Waals surface area contributed by atoms with E-state index >= 15 is 0 Å². The van der Waals surface area contributed by atoms with E-state index in [0.29, 0.717) is 32.4 Å². The second kappa shape index (κ2) is 6.70. The zero-order valence-electron chi connectivity index (χ0n) is 12.6. The summed E-state index contributed by atoms with van der Waals surface area (Å²) in [6.45, 7) is 4.97. The predicted molar refractivity (Wildman–Crippen MR) is 78.5 cm³/mol. The zero-order chi connectivity index (χ0) is 15.4. The average Bonchev–Trinajstić information content (AvgIpc) is 2.94. The monoisotopic (exact) mass is 290 g/mol. The molecule has 5 heteroatoms. The van der Waals surface area contributed by atoms with Crippen molar-refractivity contribution in [2.45, 2.75) is 39.7 Å². The highest BCUT2D eigenvalue weighted by atomic mass is 16.4. The van der Waals surface area contributed by atoms with E-state index in [1.165, 1.54) is 0 Å². The molecule has 5 nitrogen and oxygen atoms in total. The Kier molecular flexibility index (Phi) is 4.94. The van der Waals surface area contributed by atoms with Crippen molar-refractivity contribution in [2.75, 3.05) is 6.54 Å². The zero-order valence-corrected chi connectivity index (χ0v) is 12.6. The van der Waals surface area contributed by atoms with Gasteiger partial charge in [0.1, 0.15) is 0 Å². The second-order valence-corrected chi connectivity index (χ2v) is 5.67. The van der Waals surface area contributed by atoms with Crippen molar-refractivity contribution in [3.05, 3.63) is 29.6 Å². The average molecular weight is 290 g/mol. The van der Waals surface area contributed by atoms with Crippen LogP contribution in [0.2, 0.25) is 0 Å². The lowest BCUT2D eigenvalue weighted by atomic mass is 10.0. The summed E-state index contributed by atoms with van der Waals surface area (Å²) in [5.41, 5.74) is 1.81. The standard InChI is InChI=1S/C16H22N2O3/c1-3-18(10-14-6-4-5-11(2)17-14)15(19)12-7-8-13(9-12)16(20)21/h4-6,12-13H,3,7-10H2,1-2H3,(H,20,21).